The molecule has 0 aromatic carbocycles. The molecule has 0 aliphatic rings. The Morgan fingerprint density at radius 3 is 2.39 bits per heavy atom. The van der Waals surface area contributed by atoms with Crippen LogP contribution in [0.3, 0.4) is 0 Å². The Morgan fingerprint density at radius 2 is 1.89 bits per heavy atom. The van der Waals surface area contributed by atoms with Crippen LogP contribution in [0.5, 0.6) is 0 Å². The number of aromatic nitrogens is 3. The number of nitrogens with one attached hydrogen (secondary N) is 2. The topological polar surface area (TPSA) is 123 Å². The first-order valence-electron chi connectivity index (χ1n) is 4.75. The van der Waals surface area contributed by atoms with E-state index in [1.165, 1.54) is 11.3 Å². The van der Waals surface area contributed by atoms with Crippen LogP contribution in [-0.2, 0) is 10.0 Å². The Balaban J connectivity index is 2.24. The number of hydrazine groups is 1. The molecule has 0 aliphatic heterocycles. The standard InChI is InChI=1S/C8H10N6O2S2/c1-5-2-12-8(17-5)14-18(15,16)6-3-10-7(13-9)11-4-6/h2-4H,9H2,1H3,(H,12,14)(H,10,11,13). The molecular formula is C8H10N6O2S2. The summed E-state index contributed by atoms with van der Waals surface area (Å²) in [5.74, 6) is 5.22. The molecule has 0 spiro atoms. The minimum absolute atomic E-state index is 0.0608. The summed E-state index contributed by atoms with van der Waals surface area (Å²) in [6, 6.07) is 0. The minimum atomic E-state index is -3.72. The average Bonchev–Trinajstić information content (AvgIpc) is 2.74. The third kappa shape index (κ3) is 2.72. The fraction of sp³-hybridized carbons (Fsp3) is 0.125. The van der Waals surface area contributed by atoms with Gasteiger partial charge in [0.05, 0.1) is 12.4 Å². The van der Waals surface area contributed by atoms with Gasteiger partial charge in [0.25, 0.3) is 10.0 Å². The molecule has 96 valence electrons. The second-order valence-corrected chi connectivity index (χ2v) is 6.19. The van der Waals surface area contributed by atoms with E-state index in [1.54, 1.807) is 6.20 Å². The zero-order valence-corrected chi connectivity index (χ0v) is 10.9. The lowest BCUT2D eigenvalue weighted by Crippen LogP contribution is -2.15. The smallest absolute Gasteiger partial charge is 0.266 e. The Hall–Kier alpha value is -1.78. The second kappa shape index (κ2) is 4.84. The SMILES string of the molecule is Cc1cnc(NS(=O)(=O)c2cnc(NN)nc2)s1. The minimum Gasteiger partial charge on any atom is -0.292 e. The van der Waals surface area contributed by atoms with Crippen molar-refractivity contribution in [3.05, 3.63) is 23.5 Å². The number of nitrogens with two attached hydrogens (primary N) is 1. The molecule has 0 radical (unpaired) electrons. The lowest BCUT2D eigenvalue weighted by molar-refractivity contribution is 0.600. The van der Waals surface area contributed by atoms with Crippen molar-refractivity contribution >= 4 is 32.4 Å². The Kier molecular flexibility index (Phi) is 3.41. The second-order valence-electron chi connectivity index (χ2n) is 3.27. The van der Waals surface area contributed by atoms with Crippen LogP contribution in [0.15, 0.2) is 23.5 Å². The van der Waals surface area contributed by atoms with Gasteiger partial charge in [-0.1, -0.05) is 0 Å². The van der Waals surface area contributed by atoms with E-state index >= 15 is 0 Å². The molecule has 8 nitrogen and oxygen atoms in total. The highest BCUT2D eigenvalue weighted by atomic mass is 32.2. The first-order chi connectivity index (χ1) is 8.51. The van der Waals surface area contributed by atoms with Gasteiger partial charge in [-0.05, 0) is 6.92 Å². The molecule has 18 heavy (non-hydrogen) atoms. The lowest BCUT2D eigenvalue weighted by atomic mass is 10.7. The highest BCUT2D eigenvalue weighted by molar-refractivity contribution is 7.93. The maximum Gasteiger partial charge on any atom is 0.266 e. The molecule has 2 aromatic heterocycles. The summed E-state index contributed by atoms with van der Waals surface area (Å²) < 4.78 is 26.2. The van der Waals surface area contributed by atoms with Crippen molar-refractivity contribution in [2.24, 2.45) is 5.84 Å². The van der Waals surface area contributed by atoms with Gasteiger partial charge in [0.1, 0.15) is 4.90 Å². The van der Waals surface area contributed by atoms with Gasteiger partial charge in [0.2, 0.25) is 5.95 Å². The number of sulfonamides is 1. The van der Waals surface area contributed by atoms with Crippen LogP contribution in [0.25, 0.3) is 0 Å². The van der Waals surface area contributed by atoms with Crippen LogP contribution in [0.2, 0.25) is 0 Å². The van der Waals surface area contributed by atoms with E-state index in [9.17, 15) is 8.42 Å². The summed E-state index contributed by atoms with van der Waals surface area (Å²) in [6.07, 6.45) is 3.90. The van der Waals surface area contributed by atoms with Gasteiger partial charge in [-0.2, -0.15) is 0 Å². The number of nitrogen functional groups attached to an aromatic ring is 1. The van der Waals surface area contributed by atoms with Crippen molar-refractivity contribution in [1.29, 1.82) is 0 Å². The highest BCUT2D eigenvalue weighted by Gasteiger charge is 2.16. The van der Waals surface area contributed by atoms with Crippen molar-refractivity contribution in [1.82, 2.24) is 15.0 Å². The molecule has 2 rings (SSSR count). The third-order valence-electron chi connectivity index (χ3n) is 1.91. The van der Waals surface area contributed by atoms with Gasteiger partial charge in [0.15, 0.2) is 5.13 Å². The molecule has 0 saturated heterocycles. The molecule has 0 saturated carbocycles. The third-order valence-corrected chi connectivity index (χ3v) is 4.16. The van der Waals surface area contributed by atoms with Gasteiger partial charge in [0, 0.05) is 11.1 Å². The van der Waals surface area contributed by atoms with E-state index in [4.69, 9.17) is 5.84 Å². The first kappa shape index (κ1) is 12.7. The number of hydrogen-bond donors (Lipinski definition) is 3. The summed E-state index contributed by atoms with van der Waals surface area (Å²) in [5.41, 5.74) is 2.21. The maximum absolute atomic E-state index is 11.9. The molecule has 2 aromatic rings. The molecule has 0 atom stereocenters. The summed E-state index contributed by atoms with van der Waals surface area (Å²) in [7, 11) is -3.72. The van der Waals surface area contributed by atoms with Crippen LogP contribution in [0.4, 0.5) is 11.1 Å². The zero-order valence-electron chi connectivity index (χ0n) is 9.28. The first-order valence-corrected chi connectivity index (χ1v) is 7.05. The predicted molar refractivity (Wildman–Crippen MR) is 67.5 cm³/mol. The fourth-order valence-electron chi connectivity index (χ4n) is 1.11. The average molecular weight is 286 g/mol. The molecule has 0 unspecified atom stereocenters. The fourth-order valence-corrected chi connectivity index (χ4v) is 2.90. The predicted octanol–water partition coefficient (Wildman–Crippen LogP) is 0.328. The molecule has 0 amide bonds. The quantitative estimate of drug-likeness (QED) is 0.546. The van der Waals surface area contributed by atoms with Gasteiger partial charge >= 0.3 is 0 Å². The van der Waals surface area contributed by atoms with Gasteiger partial charge in [-0.3, -0.25) is 10.1 Å². The van der Waals surface area contributed by atoms with Crippen LogP contribution < -0.4 is 16.0 Å². The van der Waals surface area contributed by atoms with Crippen LogP contribution in [0, 0.1) is 6.92 Å². The van der Waals surface area contributed by atoms with Gasteiger partial charge in [-0.25, -0.2) is 29.2 Å². The molecule has 0 fully saturated rings. The largest absolute Gasteiger partial charge is 0.292 e. The zero-order chi connectivity index (χ0) is 13.2. The van der Waals surface area contributed by atoms with Gasteiger partial charge in [-0.15, -0.1) is 11.3 Å². The lowest BCUT2D eigenvalue weighted by Gasteiger charge is -2.04. The van der Waals surface area contributed by atoms with Crippen LogP contribution in [0.1, 0.15) is 4.88 Å². The number of rotatable bonds is 4. The summed E-state index contributed by atoms with van der Waals surface area (Å²) in [4.78, 5) is 12.2. The Morgan fingerprint density at radius 1 is 1.22 bits per heavy atom. The Bertz CT molecular complexity index is 636. The number of hydrogen-bond acceptors (Lipinski definition) is 8. The van der Waals surface area contributed by atoms with Crippen molar-refractivity contribution in [2.45, 2.75) is 11.8 Å². The normalized spacial score (nSPS) is 11.2. The molecule has 0 aliphatic carbocycles. The molecule has 2 heterocycles. The monoisotopic (exact) mass is 286 g/mol. The molecule has 0 bridgehead atoms. The van der Waals surface area contributed by atoms with E-state index in [2.05, 4.69) is 25.1 Å². The van der Waals surface area contributed by atoms with Crippen molar-refractivity contribution in [3.63, 3.8) is 0 Å². The van der Waals surface area contributed by atoms with Crippen LogP contribution in [-0.4, -0.2) is 23.4 Å². The van der Waals surface area contributed by atoms with Crippen LogP contribution >= 0.6 is 11.3 Å². The van der Waals surface area contributed by atoms with E-state index in [0.29, 0.717) is 5.13 Å². The van der Waals surface area contributed by atoms with E-state index in [1.807, 2.05) is 6.92 Å². The van der Waals surface area contributed by atoms with E-state index in [-0.39, 0.29) is 10.8 Å². The summed E-state index contributed by atoms with van der Waals surface area (Å²) >= 11 is 1.24. The van der Waals surface area contributed by atoms with Crippen molar-refractivity contribution < 1.29 is 8.42 Å². The number of nitrogens with zero attached hydrogens (tertiary/aromatic N) is 3. The summed E-state index contributed by atoms with van der Waals surface area (Å²) in [6.45, 7) is 1.83. The highest BCUT2D eigenvalue weighted by Crippen LogP contribution is 2.20. The Labute approximate surface area is 107 Å². The molecule has 4 N–H and O–H groups in total. The molecular weight excluding hydrogens is 276 g/mol. The number of anilines is 2. The van der Waals surface area contributed by atoms with Crippen molar-refractivity contribution in [2.75, 3.05) is 10.1 Å². The summed E-state index contributed by atoms with van der Waals surface area (Å²) in [5, 5.41) is 0.300. The van der Waals surface area contributed by atoms with Crippen molar-refractivity contribution in [3.8, 4) is 0 Å². The maximum atomic E-state index is 11.9. The molecule has 10 heteroatoms. The van der Waals surface area contributed by atoms with E-state index < -0.39 is 10.0 Å². The number of thiazole rings is 1. The number of aryl methyl sites for hydroxylation is 1. The van der Waals surface area contributed by atoms with E-state index in [0.717, 1.165) is 17.3 Å². The van der Waals surface area contributed by atoms with Gasteiger partial charge < -0.3 is 0 Å².